The van der Waals surface area contributed by atoms with Crippen LogP contribution in [-0.2, 0) is 17.8 Å². The summed E-state index contributed by atoms with van der Waals surface area (Å²) in [5, 5.41) is 11.2. The average Bonchev–Trinajstić information content (AvgIpc) is 3.40. The van der Waals surface area contributed by atoms with Crippen molar-refractivity contribution in [3.05, 3.63) is 11.9 Å². The molecule has 1 aliphatic heterocycles. The first-order valence-corrected chi connectivity index (χ1v) is 12.7. The molecule has 8 nitrogen and oxygen atoms in total. The number of carbonyl (C=O) groups is 1. The SMILES string of the molecule is CCCCCCCCCCCCCCNC(=O)Cn1cc(CCCC2C=NC(N)=N2)nn1.Cl. The highest BCUT2D eigenvalue weighted by Crippen LogP contribution is 2.12. The zero-order valence-electron chi connectivity index (χ0n) is 20.4. The van der Waals surface area contributed by atoms with Gasteiger partial charge in [0.15, 0.2) is 0 Å². The maximum absolute atomic E-state index is 12.1. The minimum Gasteiger partial charge on any atom is -0.368 e. The number of carbonyl (C=O) groups excluding carboxylic acids is 1. The maximum Gasteiger partial charge on any atom is 0.241 e. The summed E-state index contributed by atoms with van der Waals surface area (Å²) in [7, 11) is 0. The normalized spacial score (nSPS) is 14.8. The summed E-state index contributed by atoms with van der Waals surface area (Å²) in [5.41, 5.74) is 6.44. The van der Waals surface area contributed by atoms with Crippen molar-refractivity contribution in [3.8, 4) is 0 Å². The molecular weight excluding hydrogens is 438 g/mol. The lowest BCUT2D eigenvalue weighted by atomic mass is 10.1. The first-order valence-electron chi connectivity index (χ1n) is 12.7. The molecule has 0 aromatic carbocycles. The van der Waals surface area contributed by atoms with E-state index >= 15 is 0 Å². The van der Waals surface area contributed by atoms with Gasteiger partial charge in [0.05, 0.1) is 11.7 Å². The molecule has 0 fully saturated rings. The highest BCUT2D eigenvalue weighted by Gasteiger charge is 2.11. The third-order valence-electron chi connectivity index (χ3n) is 5.85. The monoisotopic (exact) mass is 481 g/mol. The van der Waals surface area contributed by atoms with Crippen molar-refractivity contribution in [2.45, 2.75) is 116 Å². The van der Waals surface area contributed by atoms with Crippen molar-refractivity contribution in [1.29, 1.82) is 0 Å². The predicted molar refractivity (Wildman–Crippen MR) is 138 cm³/mol. The van der Waals surface area contributed by atoms with Gasteiger partial charge in [-0.3, -0.25) is 4.79 Å². The fourth-order valence-electron chi connectivity index (χ4n) is 3.96. The molecule has 0 spiro atoms. The Balaban J connectivity index is 0.00000544. The molecule has 2 heterocycles. The molecule has 1 amide bonds. The van der Waals surface area contributed by atoms with Crippen LogP contribution in [0.2, 0.25) is 0 Å². The van der Waals surface area contributed by atoms with Gasteiger partial charge in [-0.15, -0.1) is 17.5 Å². The minimum atomic E-state index is -0.00324. The number of hydrogen-bond acceptors (Lipinski definition) is 6. The number of halogens is 1. The van der Waals surface area contributed by atoms with E-state index in [1.165, 1.54) is 70.6 Å². The van der Waals surface area contributed by atoms with Gasteiger partial charge in [0.2, 0.25) is 11.9 Å². The number of nitrogens with zero attached hydrogens (tertiary/aromatic N) is 5. The lowest BCUT2D eigenvalue weighted by Gasteiger charge is -2.05. The minimum absolute atomic E-state index is 0. The van der Waals surface area contributed by atoms with Crippen LogP contribution in [0.15, 0.2) is 16.2 Å². The molecule has 2 rings (SSSR count). The van der Waals surface area contributed by atoms with Crippen LogP contribution in [0.25, 0.3) is 0 Å². The molecule has 3 N–H and O–H groups in total. The van der Waals surface area contributed by atoms with E-state index in [4.69, 9.17) is 5.73 Å². The Kier molecular flexibility index (Phi) is 16.3. The van der Waals surface area contributed by atoms with Gasteiger partial charge in [-0.1, -0.05) is 82.8 Å². The number of rotatable bonds is 19. The largest absolute Gasteiger partial charge is 0.368 e. The average molecular weight is 482 g/mol. The van der Waals surface area contributed by atoms with Crippen molar-refractivity contribution in [3.63, 3.8) is 0 Å². The van der Waals surface area contributed by atoms with Crippen LogP contribution in [0.3, 0.4) is 0 Å². The molecule has 9 heteroatoms. The number of aromatic nitrogens is 3. The van der Waals surface area contributed by atoms with Crippen molar-refractivity contribution in [2.75, 3.05) is 6.54 Å². The summed E-state index contributed by atoms with van der Waals surface area (Å²) in [6.45, 7) is 3.23. The summed E-state index contributed by atoms with van der Waals surface area (Å²) in [4.78, 5) is 20.3. The summed E-state index contributed by atoms with van der Waals surface area (Å²) in [6.07, 6.45) is 22.1. The third-order valence-corrected chi connectivity index (χ3v) is 5.85. The lowest BCUT2D eigenvalue weighted by molar-refractivity contribution is -0.121. The number of aryl methyl sites for hydroxylation is 1. The van der Waals surface area contributed by atoms with E-state index in [0.717, 1.165) is 37.9 Å². The molecule has 0 aliphatic carbocycles. The Labute approximate surface area is 205 Å². The topological polar surface area (TPSA) is 111 Å². The van der Waals surface area contributed by atoms with E-state index in [1.807, 2.05) is 6.20 Å². The van der Waals surface area contributed by atoms with Gasteiger partial charge in [-0.25, -0.2) is 14.7 Å². The second-order valence-corrected chi connectivity index (χ2v) is 8.87. The third kappa shape index (κ3) is 14.0. The summed E-state index contributed by atoms with van der Waals surface area (Å²) in [6, 6.07) is 0.0798. The second kappa shape index (κ2) is 18.5. The van der Waals surface area contributed by atoms with Crippen molar-refractivity contribution >= 4 is 30.5 Å². The van der Waals surface area contributed by atoms with E-state index in [9.17, 15) is 4.79 Å². The van der Waals surface area contributed by atoms with E-state index < -0.39 is 0 Å². The van der Waals surface area contributed by atoms with Gasteiger partial charge < -0.3 is 11.1 Å². The van der Waals surface area contributed by atoms with E-state index in [2.05, 4.69) is 32.5 Å². The Bertz CT molecular complexity index is 705. The fourth-order valence-corrected chi connectivity index (χ4v) is 3.96. The maximum atomic E-state index is 12.1. The molecule has 1 aliphatic rings. The van der Waals surface area contributed by atoms with Crippen LogP contribution >= 0.6 is 12.4 Å². The van der Waals surface area contributed by atoms with Gasteiger partial charge in [0.25, 0.3) is 0 Å². The Morgan fingerprint density at radius 1 is 1.00 bits per heavy atom. The van der Waals surface area contributed by atoms with Gasteiger partial charge in [0.1, 0.15) is 6.54 Å². The van der Waals surface area contributed by atoms with Crippen LogP contribution < -0.4 is 11.1 Å². The van der Waals surface area contributed by atoms with Gasteiger partial charge in [0, 0.05) is 19.0 Å². The molecule has 0 saturated heterocycles. The molecule has 1 unspecified atom stereocenters. The molecule has 1 aromatic heterocycles. The van der Waals surface area contributed by atoms with E-state index in [-0.39, 0.29) is 30.9 Å². The standard InChI is InChI=1S/C24H43N7O.ClH/c1-2-3-4-5-6-7-8-9-10-11-12-13-17-26-23(32)20-31-19-22(29-30-31)16-14-15-21-18-27-24(25)28-21;/h18-19,21H,2-17,20H2,1H3,(H2,25,28)(H,26,32);1H. The zero-order chi connectivity index (χ0) is 22.9. The highest BCUT2D eigenvalue weighted by molar-refractivity contribution is 5.93. The predicted octanol–water partition coefficient (Wildman–Crippen LogP) is 4.61. The number of amides is 1. The highest BCUT2D eigenvalue weighted by atomic mass is 35.5. The molecular formula is C24H44ClN7O. The van der Waals surface area contributed by atoms with Crippen LogP contribution in [-0.4, -0.2) is 45.7 Å². The molecule has 1 aromatic rings. The summed E-state index contributed by atoms with van der Waals surface area (Å²) < 4.78 is 1.61. The molecule has 1 atom stereocenters. The van der Waals surface area contributed by atoms with Gasteiger partial charge in [-0.2, -0.15) is 0 Å². The molecule has 0 radical (unpaired) electrons. The fraction of sp³-hybridized carbons (Fsp3) is 0.792. The van der Waals surface area contributed by atoms with E-state index in [1.54, 1.807) is 10.9 Å². The van der Waals surface area contributed by atoms with Crippen molar-refractivity contribution in [1.82, 2.24) is 20.3 Å². The summed E-state index contributed by atoms with van der Waals surface area (Å²) >= 11 is 0. The Morgan fingerprint density at radius 3 is 2.24 bits per heavy atom. The molecule has 33 heavy (non-hydrogen) atoms. The number of aliphatic imine (C=N–C) groups is 2. The van der Waals surface area contributed by atoms with E-state index in [0.29, 0.717) is 5.96 Å². The number of unbranched alkanes of at least 4 members (excludes halogenated alkanes) is 11. The quantitative estimate of drug-likeness (QED) is 0.281. The number of nitrogens with one attached hydrogen (secondary N) is 1. The smallest absolute Gasteiger partial charge is 0.241 e. The van der Waals surface area contributed by atoms with Crippen LogP contribution in [0.4, 0.5) is 0 Å². The number of hydrogen-bond donors (Lipinski definition) is 2. The molecule has 188 valence electrons. The van der Waals surface area contributed by atoms with Crippen molar-refractivity contribution < 1.29 is 4.79 Å². The Morgan fingerprint density at radius 2 is 1.64 bits per heavy atom. The lowest BCUT2D eigenvalue weighted by Crippen LogP contribution is -2.28. The Hall–Kier alpha value is -1.96. The van der Waals surface area contributed by atoms with Crippen molar-refractivity contribution in [2.24, 2.45) is 15.7 Å². The molecule has 0 saturated carbocycles. The van der Waals surface area contributed by atoms with Gasteiger partial charge in [-0.05, 0) is 25.7 Å². The molecule has 0 bridgehead atoms. The zero-order valence-corrected chi connectivity index (χ0v) is 21.2. The first kappa shape index (κ1) is 29.1. The first-order chi connectivity index (χ1) is 15.7. The summed E-state index contributed by atoms with van der Waals surface area (Å²) in [5.74, 6) is 0.354. The van der Waals surface area contributed by atoms with Crippen LogP contribution in [0, 0.1) is 0 Å². The van der Waals surface area contributed by atoms with Crippen LogP contribution in [0.1, 0.15) is 103 Å². The number of guanidine groups is 1. The van der Waals surface area contributed by atoms with Gasteiger partial charge >= 0.3 is 0 Å². The van der Waals surface area contributed by atoms with Crippen LogP contribution in [0.5, 0.6) is 0 Å². The second-order valence-electron chi connectivity index (χ2n) is 8.87. The number of nitrogens with two attached hydrogens (primary N) is 1.